The molecule has 0 aliphatic rings. The van der Waals surface area contributed by atoms with E-state index >= 15 is 0 Å². The van der Waals surface area contributed by atoms with E-state index in [1.165, 1.54) is 5.75 Å². The molecule has 0 rings (SSSR count). The fourth-order valence-corrected chi connectivity index (χ4v) is 3.74. The summed E-state index contributed by atoms with van der Waals surface area (Å²) in [6, 6.07) is 0.316. The van der Waals surface area contributed by atoms with Gasteiger partial charge in [-0.1, -0.05) is 46.8 Å². The molecule has 0 aromatic carbocycles. The Labute approximate surface area is 141 Å². The predicted molar refractivity (Wildman–Crippen MR) is 101 cm³/mol. The van der Waals surface area contributed by atoms with Crippen LogP contribution in [0, 0.1) is 17.8 Å². The monoisotopic (exact) mass is 333 g/mol. The first-order chi connectivity index (χ1) is 9.70. The van der Waals surface area contributed by atoms with Crippen molar-refractivity contribution in [2.75, 3.05) is 12.3 Å². The van der Waals surface area contributed by atoms with Crippen LogP contribution in [0.5, 0.6) is 0 Å². The van der Waals surface area contributed by atoms with Crippen molar-refractivity contribution in [2.24, 2.45) is 17.8 Å². The molecule has 5 unspecified atom stereocenters. The number of rotatable bonds is 11. The molecule has 5 atom stereocenters. The third-order valence-electron chi connectivity index (χ3n) is 4.10. The molecular formula is C17H35NOS2. The van der Waals surface area contributed by atoms with Crippen LogP contribution in [0.25, 0.3) is 0 Å². The molecule has 0 bridgehead atoms. The molecule has 0 aromatic rings. The highest BCUT2D eigenvalue weighted by Crippen LogP contribution is 2.22. The third kappa shape index (κ3) is 8.53. The summed E-state index contributed by atoms with van der Waals surface area (Å²) >= 11 is 7.49. The van der Waals surface area contributed by atoms with E-state index in [0.29, 0.717) is 23.1 Å². The van der Waals surface area contributed by atoms with Gasteiger partial charge >= 0.3 is 0 Å². The number of aliphatic hydroxyl groups is 1. The molecule has 126 valence electrons. The highest BCUT2D eigenvalue weighted by atomic mass is 32.2. The minimum Gasteiger partial charge on any atom is -0.388 e. The molecule has 0 aliphatic carbocycles. The average Bonchev–Trinajstić information content (AvgIpc) is 2.40. The van der Waals surface area contributed by atoms with Crippen molar-refractivity contribution in [3.05, 3.63) is 0 Å². The van der Waals surface area contributed by atoms with E-state index in [1.807, 2.05) is 11.8 Å². The molecule has 0 aliphatic heterocycles. The maximum absolute atomic E-state index is 9.82. The van der Waals surface area contributed by atoms with Crippen LogP contribution in [0.2, 0.25) is 0 Å². The summed E-state index contributed by atoms with van der Waals surface area (Å²) in [7, 11) is 0. The molecule has 0 spiro atoms. The summed E-state index contributed by atoms with van der Waals surface area (Å²) in [5.74, 6) is 2.66. The molecular weight excluding hydrogens is 298 g/mol. The lowest BCUT2D eigenvalue weighted by Gasteiger charge is -2.30. The summed E-state index contributed by atoms with van der Waals surface area (Å²) in [4.78, 5) is 0.798. The van der Waals surface area contributed by atoms with Crippen LogP contribution < -0.4 is 5.32 Å². The molecule has 0 radical (unpaired) electrons. The van der Waals surface area contributed by atoms with Crippen molar-refractivity contribution in [3.63, 3.8) is 0 Å². The number of thioether (sulfide) groups is 1. The van der Waals surface area contributed by atoms with Crippen molar-refractivity contribution >= 4 is 28.8 Å². The molecule has 2 nitrogen and oxygen atoms in total. The first-order valence-electron chi connectivity index (χ1n) is 8.27. The number of hydrogen-bond donors (Lipinski definition) is 2. The van der Waals surface area contributed by atoms with Gasteiger partial charge in [-0.3, -0.25) is 0 Å². The summed E-state index contributed by atoms with van der Waals surface area (Å²) < 4.78 is 0. The van der Waals surface area contributed by atoms with Gasteiger partial charge in [0.05, 0.1) is 6.10 Å². The van der Waals surface area contributed by atoms with Gasteiger partial charge in [0.25, 0.3) is 0 Å². The minimum absolute atomic E-state index is 0.265. The topological polar surface area (TPSA) is 32.3 Å². The molecule has 0 amide bonds. The lowest BCUT2D eigenvalue weighted by Crippen LogP contribution is -2.43. The van der Waals surface area contributed by atoms with E-state index in [-0.39, 0.29) is 5.92 Å². The van der Waals surface area contributed by atoms with E-state index in [0.717, 1.165) is 17.8 Å². The van der Waals surface area contributed by atoms with Gasteiger partial charge in [-0.15, -0.1) is 0 Å². The highest BCUT2D eigenvalue weighted by molar-refractivity contribution is 7.99. The maximum atomic E-state index is 9.82. The Morgan fingerprint density at radius 1 is 1.14 bits per heavy atom. The van der Waals surface area contributed by atoms with Gasteiger partial charge in [-0.05, 0) is 44.4 Å². The standard InChI is InChI=1S/C17H35NOS2/c1-8-21-15(7)12(4)10-18-13(5)16(9-11(2)3)17(20)14(6)19/h11-16,18-19H,8-10H2,1-7H3. The van der Waals surface area contributed by atoms with Crippen LogP contribution in [-0.4, -0.2) is 39.7 Å². The van der Waals surface area contributed by atoms with Gasteiger partial charge < -0.3 is 10.4 Å². The van der Waals surface area contributed by atoms with Crippen LogP contribution in [0.15, 0.2) is 0 Å². The van der Waals surface area contributed by atoms with Crippen molar-refractivity contribution in [1.29, 1.82) is 0 Å². The molecule has 0 aromatic heterocycles. The largest absolute Gasteiger partial charge is 0.388 e. The first-order valence-corrected chi connectivity index (χ1v) is 9.73. The molecule has 4 heteroatoms. The Bertz CT molecular complexity index is 295. The van der Waals surface area contributed by atoms with Gasteiger partial charge in [-0.2, -0.15) is 11.8 Å². The zero-order chi connectivity index (χ0) is 16.6. The number of aliphatic hydroxyl groups excluding tert-OH is 1. The third-order valence-corrected chi connectivity index (χ3v) is 6.07. The average molecular weight is 334 g/mol. The maximum Gasteiger partial charge on any atom is 0.0827 e. The fourth-order valence-electron chi connectivity index (χ4n) is 2.49. The lowest BCUT2D eigenvalue weighted by molar-refractivity contribution is 0.249. The molecule has 0 fully saturated rings. The second kappa shape index (κ2) is 11.0. The summed E-state index contributed by atoms with van der Waals surface area (Å²) in [6.07, 6.45) is 0.533. The molecule has 0 saturated heterocycles. The molecule has 0 heterocycles. The Morgan fingerprint density at radius 2 is 1.71 bits per heavy atom. The van der Waals surface area contributed by atoms with Crippen LogP contribution in [0.1, 0.15) is 54.9 Å². The second-order valence-electron chi connectivity index (χ2n) is 6.65. The smallest absolute Gasteiger partial charge is 0.0827 e. The van der Waals surface area contributed by atoms with Crippen LogP contribution in [0.4, 0.5) is 0 Å². The molecule has 0 saturated carbocycles. The Hall–Kier alpha value is 0.360. The van der Waals surface area contributed by atoms with Crippen molar-refractivity contribution < 1.29 is 5.11 Å². The van der Waals surface area contributed by atoms with Crippen LogP contribution >= 0.6 is 24.0 Å². The Kier molecular flexibility index (Phi) is 11.2. The second-order valence-corrected chi connectivity index (χ2v) is 8.77. The van der Waals surface area contributed by atoms with Gasteiger partial charge in [0.15, 0.2) is 0 Å². The van der Waals surface area contributed by atoms with Crippen LogP contribution in [0.3, 0.4) is 0 Å². The van der Waals surface area contributed by atoms with Gasteiger partial charge in [0.1, 0.15) is 0 Å². The first kappa shape index (κ1) is 21.4. The summed E-state index contributed by atoms with van der Waals surface area (Å²) in [5, 5.41) is 14.1. The van der Waals surface area contributed by atoms with Crippen LogP contribution in [-0.2, 0) is 0 Å². The summed E-state index contributed by atoms with van der Waals surface area (Å²) in [6.45, 7) is 16.2. The number of thiocarbonyl (C=S) groups is 1. The van der Waals surface area contributed by atoms with Crippen molar-refractivity contribution in [1.82, 2.24) is 5.32 Å². The SMILES string of the molecule is CCSC(C)C(C)CNC(C)C(CC(C)C)C(=S)C(C)O. The lowest BCUT2D eigenvalue weighted by atomic mass is 9.86. The van der Waals surface area contributed by atoms with E-state index in [4.69, 9.17) is 12.2 Å². The zero-order valence-electron chi connectivity index (χ0n) is 14.8. The van der Waals surface area contributed by atoms with E-state index in [2.05, 4.69) is 46.9 Å². The summed E-state index contributed by atoms with van der Waals surface area (Å²) in [5.41, 5.74) is 0. The minimum atomic E-state index is -0.500. The quantitative estimate of drug-likeness (QED) is 0.556. The van der Waals surface area contributed by atoms with E-state index < -0.39 is 6.10 Å². The molecule has 21 heavy (non-hydrogen) atoms. The zero-order valence-corrected chi connectivity index (χ0v) is 16.5. The van der Waals surface area contributed by atoms with E-state index in [9.17, 15) is 5.11 Å². The molecule has 2 N–H and O–H groups in total. The fraction of sp³-hybridized carbons (Fsp3) is 0.941. The number of hydrogen-bond acceptors (Lipinski definition) is 4. The van der Waals surface area contributed by atoms with Gasteiger partial charge in [-0.25, -0.2) is 0 Å². The normalized spacial score (nSPS) is 19.1. The van der Waals surface area contributed by atoms with E-state index in [1.54, 1.807) is 6.92 Å². The highest BCUT2D eigenvalue weighted by Gasteiger charge is 2.26. The van der Waals surface area contributed by atoms with Gasteiger partial charge in [0.2, 0.25) is 0 Å². The Balaban J connectivity index is 4.53. The van der Waals surface area contributed by atoms with Gasteiger partial charge in [0, 0.05) is 22.1 Å². The van der Waals surface area contributed by atoms with Crippen molar-refractivity contribution in [2.45, 2.75) is 72.3 Å². The Morgan fingerprint density at radius 3 is 2.14 bits per heavy atom. The predicted octanol–water partition coefficient (Wildman–Crippen LogP) is 4.16. The number of nitrogens with one attached hydrogen (secondary N) is 1. The van der Waals surface area contributed by atoms with Crippen molar-refractivity contribution in [3.8, 4) is 0 Å².